The molecule has 5 aromatic rings. The molecule has 0 spiro atoms. The van der Waals surface area contributed by atoms with Crippen molar-refractivity contribution in [2.75, 3.05) is 19.8 Å². The van der Waals surface area contributed by atoms with E-state index in [9.17, 15) is 19.2 Å². The van der Waals surface area contributed by atoms with Gasteiger partial charge in [0.2, 0.25) is 0 Å². The quantitative estimate of drug-likeness (QED) is 0.0631. The molecule has 0 saturated carbocycles. The number of benzene rings is 4. The first-order chi connectivity index (χ1) is 29.0. The highest BCUT2D eigenvalue weighted by atomic mass is 35.5. The molecule has 0 bridgehead atoms. The summed E-state index contributed by atoms with van der Waals surface area (Å²) in [5, 5.41) is 1.76. The van der Waals surface area contributed by atoms with Gasteiger partial charge in [-0.05, 0) is 72.9 Å². The van der Waals surface area contributed by atoms with Crippen molar-refractivity contribution < 1.29 is 33.3 Å². The van der Waals surface area contributed by atoms with Gasteiger partial charge in [-0.3, -0.25) is 23.9 Å². The van der Waals surface area contributed by atoms with Gasteiger partial charge >= 0.3 is 5.69 Å². The third-order valence-corrected chi connectivity index (χ3v) is 11.4. The first-order valence-corrected chi connectivity index (χ1v) is 20.7. The highest BCUT2D eigenvalue weighted by molar-refractivity contribution is 6.35. The van der Waals surface area contributed by atoms with E-state index in [1.807, 2.05) is 30.3 Å². The van der Waals surface area contributed by atoms with Crippen molar-refractivity contribution in [3.05, 3.63) is 172 Å². The first kappa shape index (κ1) is 43.7. The van der Waals surface area contributed by atoms with E-state index in [1.165, 1.54) is 15.7 Å². The molecule has 1 aromatic heterocycles. The Bertz CT molecular complexity index is 2430. The summed E-state index contributed by atoms with van der Waals surface area (Å²) in [7, 11) is 0. The second-order valence-corrected chi connectivity index (χ2v) is 16.1. The van der Waals surface area contributed by atoms with Gasteiger partial charge in [0, 0.05) is 45.0 Å². The van der Waals surface area contributed by atoms with Crippen LogP contribution in [0.1, 0.15) is 62.0 Å². The lowest BCUT2D eigenvalue weighted by atomic mass is 10.1. The first-order valence-electron chi connectivity index (χ1n) is 19.2. The predicted molar refractivity (Wildman–Crippen MR) is 227 cm³/mol. The van der Waals surface area contributed by atoms with E-state index in [-0.39, 0.29) is 63.7 Å². The van der Waals surface area contributed by atoms with E-state index < -0.39 is 35.8 Å². The molecule has 1 saturated heterocycles. The zero-order chi connectivity index (χ0) is 42.3. The Morgan fingerprint density at radius 3 is 1.97 bits per heavy atom. The average Bonchev–Trinajstić information content (AvgIpc) is 3.70. The van der Waals surface area contributed by atoms with Crippen molar-refractivity contribution in [3.8, 4) is 0 Å². The van der Waals surface area contributed by atoms with Crippen molar-refractivity contribution in [1.29, 1.82) is 0 Å². The molecule has 2 amide bonds. The Morgan fingerprint density at radius 2 is 1.32 bits per heavy atom. The van der Waals surface area contributed by atoms with Crippen LogP contribution >= 0.6 is 46.4 Å². The van der Waals surface area contributed by atoms with Crippen molar-refractivity contribution >= 4 is 58.2 Å². The van der Waals surface area contributed by atoms with Gasteiger partial charge in [-0.1, -0.05) is 101 Å². The van der Waals surface area contributed by atoms with E-state index in [0.717, 1.165) is 10.1 Å². The summed E-state index contributed by atoms with van der Waals surface area (Å²) in [6, 6.07) is 26.3. The Morgan fingerprint density at radius 1 is 0.683 bits per heavy atom. The van der Waals surface area contributed by atoms with Crippen LogP contribution in [0.4, 0.5) is 0 Å². The molecule has 1 fully saturated rings. The maximum atomic E-state index is 14.2. The summed E-state index contributed by atoms with van der Waals surface area (Å²) < 4.78 is 34.1. The third kappa shape index (κ3) is 10.1. The second-order valence-electron chi connectivity index (χ2n) is 14.4. The summed E-state index contributed by atoms with van der Waals surface area (Å²) in [4.78, 5) is 54.8. The summed E-state index contributed by atoms with van der Waals surface area (Å²) in [6.07, 6.45) is -1.39. The molecule has 4 aromatic carbocycles. The van der Waals surface area contributed by atoms with Crippen LogP contribution in [0.25, 0.3) is 0 Å². The van der Waals surface area contributed by atoms with Crippen LogP contribution in [0.3, 0.4) is 0 Å². The van der Waals surface area contributed by atoms with E-state index in [4.69, 9.17) is 70.1 Å². The van der Waals surface area contributed by atoms with Crippen LogP contribution in [0.5, 0.6) is 0 Å². The van der Waals surface area contributed by atoms with Crippen LogP contribution in [0.15, 0.2) is 107 Å². The van der Waals surface area contributed by atoms with Crippen LogP contribution in [0, 0.1) is 6.92 Å². The largest absolute Gasteiger partial charge is 0.374 e. The molecule has 2 aliphatic heterocycles. The number of halogens is 4. The number of aryl methyl sites for hydroxylation is 1. The molecule has 4 atom stereocenters. The fourth-order valence-corrected chi connectivity index (χ4v) is 8.04. The number of rotatable bonds is 18. The number of hydrogen-bond acceptors (Lipinski definition) is 9. The minimum absolute atomic E-state index is 0.0123. The van der Waals surface area contributed by atoms with Crippen molar-refractivity contribution in [2.45, 2.75) is 70.9 Å². The van der Waals surface area contributed by atoms with Gasteiger partial charge in [-0.25, -0.2) is 9.36 Å². The molecule has 3 heterocycles. The molecule has 0 radical (unpaired) electrons. The van der Waals surface area contributed by atoms with Gasteiger partial charge in [-0.2, -0.15) is 0 Å². The fourth-order valence-electron chi connectivity index (χ4n) is 7.11. The minimum Gasteiger partial charge on any atom is -0.374 e. The summed E-state index contributed by atoms with van der Waals surface area (Å²) in [5.74, 6) is -0.675. The summed E-state index contributed by atoms with van der Waals surface area (Å²) in [6.45, 7) is 1.91. The van der Waals surface area contributed by atoms with Gasteiger partial charge in [-0.15, -0.1) is 0 Å². The molecule has 7 rings (SSSR count). The maximum absolute atomic E-state index is 14.2. The molecule has 0 aliphatic carbocycles. The van der Waals surface area contributed by atoms with Crippen LogP contribution in [-0.2, 0) is 50.2 Å². The Labute approximate surface area is 366 Å². The third-order valence-electron chi connectivity index (χ3n) is 10.2. The minimum atomic E-state index is -1.10. The van der Waals surface area contributed by atoms with Crippen LogP contribution in [0.2, 0.25) is 20.1 Å². The number of carbonyl (C=O) groups is 2. The second kappa shape index (κ2) is 20.0. The number of imide groups is 1. The fraction of sp³-hybridized carbons (Fsp3) is 0.318. The Balaban J connectivity index is 1.15. The highest BCUT2D eigenvalue weighted by Gasteiger charge is 2.48. The summed E-state index contributed by atoms with van der Waals surface area (Å²) in [5.41, 5.74) is 2.04. The number of carbonyl (C=O) groups excluding carboxylic acids is 2. The monoisotopic (exact) mass is 895 g/mol. The number of hydrogen-bond donors (Lipinski definition) is 0. The molecule has 2 aliphatic rings. The molecule has 60 heavy (non-hydrogen) atoms. The van der Waals surface area contributed by atoms with Crippen molar-refractivity contribution in [1.82, 2.24) is 14.0 Å². The molecule has 16 heteroatoms. The Kier molecular flexibility index (Phi) is 14.6. The van der Waals surface area contributed by atoms with Crippen molar-refractivity contribution in [2.24, 2.45) is 0 Å². The molecule has 12 nitrogen and oxygen atoms in total. The van der Waals surface area contributed by atoms with E-state index in [1.54, 1.807) is 67.6 Å². The number of nitrogens with zero attached hydrogens (tertiary/aromatic N) is 3. The average molecular weight is 898 g/mol. The lowest BCUT2D eigenvalue weighted by Gasteiger charge is -2.26. The number of fused-ring (bicyclic) bond motifs is 1. The van der Waals surface area contributed by atoms with Crippen molar-refractivity contribution in [3.63, 3.8) is 0 Å². The Hall–Kier alpha value is -4.34. The van der Waals surface area contributed by atoms with Crippen LogP contribution in [-0.4, -0.2) is 63.9 Å². The SMILES string of the molecule is Cc1cn([C@@H]2O[C@H](COCc3ccc(Cl)cc3Cl)[C@@H](OCc3ccc(Cl)cc3Cl)[C@H]2OCCCCN2C(=O)c3ccccc3C2=O)c(=O)n(COCc2ccccc2)c1=O. The van der Waals surface area contributed by atoms with Crippen LogP contribution < -0.4 is 11.2 Å². The van der Waals surface area contributed by atoms with Gasteiger partial charge < -0.3 is 23.7 Å². The number of aromatic nitrogens is 2. The predicted octanol–water partition coefficient (Wildman–Crippen LogP) is 8.27. The van der Waals surface area contributed by atoms with Gasteiger partial charge in [0.15, 0.2) is 6.23 Å². The normalized spacial score (nSPS) is 18.7. The maximum Gasteiger partial charge on any atom is 0.335 e. The molecule has 0 unspecified atom stereocenters. The molecule has 314 valence electrons. The topological polar surface area (TPSA) is 128 Å². The molecule has 0 N–H and O–H groups in total. The number of unbranched alkanes of at least 4 members (excludes halogenated alkanes) is 1. The van der Waals surface area contributed by atoms with Gasteiger partial charge in [0.05, 0.1) is 37.6 Å². The zero-order valence-electron chi connectivity index (χ0n) is 32.4. The van der Waals surface area contributed by atoms with Gasteiger partial charge in [0.1, 0.15) is 25.0 Å². The zero-order valence-corrected chi connectivity index (χ0v) is 35.5. The summed E-state index contributed by atoms with van der Waals surface area (Å²) >= 11 is 25.3. The lowest BCUT2D eigenvalue weighted by molar-refractivity contribution is -0.0873. The van der Waals surface area contributed by atoms with E-state index in [2.05, 4.69) is 0 Å². The molecular formula is C44H41Cl4N3O9. The lowest BCUT2D eigenvalue weighted by Crippen LogP contribution is -2.45. The standard InChI is InChI=1S/C44H41Cl4N3O9/c1-27-21-50(44(55)51(40(27)52)26-57-22-28-9-3-2-4-10-28)43-39(58-18-8-7-17-49-41(53)33-11-5-6-12-34(33)42(49)54)38(59-24-30-14-16-32(46)20-36(30)48)37(60-43)25-56-23-29-13-15-31(45)19-35(29)47/h2-6,9-16,19-21,37-39,43H,7-8,17-18,22-26H2,1H3/t37-,38-,39-,43-/m1/s1. The number of ether oxygens (including phenoxy) is 5. The highest BCUT2D eigenvalue weighted by Crippen LogP contribution is 2.35. The van der Waals surface area contributed by atoms with E-state index in [0.29, 0.717) is 55.2 Å². The van der Waals surface area contributed by atoms with E-state index >= 15 is 0 Å². The smallest absolute Gasteiger partial charge is 0.335 e. The van der Waals surface area contributed by atoms with Gasteiger partial charge in [0.25, 0.3) is 17.4 Å². The molecular weight excluding hydrogens is 856 g/mol. The number of amides is 2.